The highest BCUT2D eigenvalue weighted by Gasteiger charge is 2.47. The molecule has 1 saturated carbocycles. The number of carboxylic acid groups (broad SMARTS) is 1. The first-order valence-electron chi connectivity index (χ1n) is 10.1. The third-order valence-corrected chi connectivity index (χ3v) is 5.77. The molecule has 0 aromatic heterocycles. The molecule has 2 aliphatic rings. The summed E-state index contributed by atoms with van der Waals surface area (Å²) in [6, 6.07) is 1.47. The Bertz CT molecular complexity index is 795. The highest BCUT2D eigenvalue weighted by Crippen LogP contribution is 2.42. The van der Waals surface area contributed by atoms with Crippen LogP contribution in [0.2, 0.25) is 0 Å². The molecule has 1 aliphatic carbocycles. The van der Waals surface area contributed by atoms with Crippen molar-refractivity contribution in [1.82, 2.24) is 4.90 Å². The number of rotatable bonds is 8. The minimum atomic E-state index is -1.12. The number of benzene rings is 1. The molecular weight excluding hydrogens is 392 g/mol. The molecule has 1 atom stereocenters. The molecule has 1 aliphatic heterocycles. The van der Waals surface area contributed by atoms with E-state index in [-0.39, 0.29) is 11.6 Å². The number of carbonyl (C=O) groups is 3. The van der Waals surface area contributed by atoms with E-state index in [1.54, 1.807) is 0 Å². The van der Waals surface area contributed by atoms with Gasteiger partial charge in [0.1, 0.15) is 6.04 Å². The summed E-state index contributed by atoms with van der Waals surface area (Å²) in [5.74, 6) is -0.481. The average molecular weight is 420 g/mol. The molecule has 0 spiro atoms. The number of imide groups is 1. The topological polar surface area (TPSA) is 106 Å². The zero-order chi connectivity index (χ0) is 21.8. The highest BCUT2D eigenvalue weighted by atomic mass is 16.5. The fourth-order valence-corrected chi connectivity index (χ4v) is 4.29. The van der Waals surface area contributed by atoms with Gasteiger partial charge in [-0.3, -0.25) is 9.59 Å². The second-order valence-electron chi connectivity index (χ2n) is 7.61. The van der Waals surface area contributed by atoms with E-state index in [1.807, 2.05) is 0 Å². The van der Waals surface area contributed by atoms with Gasteiger partial charge in [-0.1, -0.05) is 19.3 Å². The summed E-state index contributed by atoms with van der Waals surface area (Å²) in [6.07, 6.45) is 4.85. The normalized spacial score (nSPS) is 19.9. The molecule has 1 heterocycles. The first kappa shape index (κ1) is 21.7. The number of hydrogen-bond donors (Lipinski definition) is 1. The fraction of sp³-hybridized carbons (Fsp3) is 0.571. The number of carbonyl (C=O) groups excluding carboxylic acids is 2. The summed E-state index contributed by atoms with van der Waals surface area (Å²) in [5, 5.41) is 9.33. The zero-order valence-corrected chi connectivity index (χ0v) is 17.6. The van der Waals surface area contributed by atoms with E-state index in [9.17, 15) is 19.5 Å². The van der Waals surface area contributed by atoms with E-state index in [4.69, 9.17) is 14.2 Å². The Kier molecular flexibility index (Phi) is 6.69. The summed E-state index contributed by atoms with van der Waals surface area (Å²) in [4.78, 5) is 40.2. The van der Waals surface area contributed by atoms with Gasteiger partial charge in [0, 0.05) is 18.7 Å². The number of methoxy groups -OCH3 is 3. The molecule has 1 saturated heterocycles. The molecule has 0 unspecified atom stereocenters. The number of ether oxygens (including phenoxy) is 3. The summed E-state index contributed by atoms with van der Waals surface area (Å²) in [7, 11) is 4.34. The SMILES string of the molecule is COc1cc(N2C(=O)[C@H](CC(=O)O)N(CC3CCCCC3)C2=O)cc(OC)c1OC. The van der Waals surface area contributed by atoms with Crippen molar-refractivity contribution in [2.75, 3.05) is 32.8 Å². The van der Waals surface area contributed by atoms with E-state index in [1.165, 1.54) is 44.8 Å². The number of nitrogens with zero attached hydrogens (tertiary/aromatic N) is 2. The summed E-state index contributed by atoms with van der Waals surface area (Å²) in [6.45, 7) is 0.378. The van der Waals surface area contributed by atoms with E-state index < -0.39 is 30.4 Å². The van der Waals surface area contributed by atoms with Crippen molar-refractivity contribution in [2.45, 2.75) is 44.6 Å². The summed E-state index contributed by atoms with van der Waals surface area (Å²) >= 11 is 0. The molecule has 1 N–H and O–H groups in total. The van der Waals surface area contributed by atoms with Gasteiger partial charge < -0.3 is 24.2 Å². The third-order valence-electron chi connectivity index (χ3n) is 5.77. The van der Waals surface area contributed by atoms with E-state index in [0.29, 0.717) is 23.8 Å². The molecule has 9 heteroatoms. The van der Waals surface area contributed by atoms with Gasteiger partial charge in [0.15, 0.2) is 11.5 Å². The van der Waals surface area contributed by atoms with Crippen LogP contribution in [0.15, 0.2) is 12.1 Å². The van der Waals surface area contributed by atoms with Crippen molar-refractivity contribution in [1.29, 1.82) is 0 Å². The number of aliphatic carboxylic acids is 1. The molecule has 164 valence electrons. The van der Waals surface area contributed by atoms with Crippen molar-refractivity contribution in [3.05, 3.63) is 12.1 Å². The van der Waals surface area contributed by atoms with Gasteiger partial charge >= 0.3 is 12.0 Å². The molecule has 3 rings (SSSR count). The summed E-state index contributed by atoms with van der Waals surface area (Å²) < 4.78 is 16.0. The summed E-state index contributed by atoms with van der Waals surface area (Å²) in [5.41, 5.74) is 0.251. The van der Waals surface area contributed by atoms with Crippen LogP contribution in [-0.2, 0) is 9.59 Å². The van der Waals surface area contributed by atoms with Crippen LogP contribution in [0.4, 0.5) is 10.5 Å². The van der Waals surface area contributed by atoms with Crippen LogP contribution in [-0.4, -0.2) is 61.8 Å². The lowest BCUT2D eigenvalue weighted by Gasteiger charge is -2.28. The Hall–Kier alpha value is -2.97. The first-order chi connectivity index (χ1) is 14.4. The number of hydrogen-bond acceptors (Lipinski definition) is 6. The van der Waals surface area contributed by atoms with Gasteiger partial charge in [-0.15, -0.1) is 0 Å². The highest BCUT2D eigenvalue weighted by molar-refractivity contribution is 6.22. The van der Waals surface area contributed by atoms with Crippen LogP contribution < -0.4 is 19.1 Å². The molecule has 3 amide bonds. The Labute approximate surface area is 175 Å². The van der Waals surface area contributed by atoms with Gasteiger partial charge in [-0.25, -0.2) is 9.69 Å². The minimum absolute atomic E-state index is 0.251. The maximum atomic E-state index is 13.3. The molecule has 0 radical (unpaired) electrons. The van der Waals surface area contributed by atoms with Crippen molar-refractivity contribution in [3.8, 4) is 17.2 Å². The molecule has 0 bridgehead atoms. The van der Waals surface area contributed by atoms with Crippen LogP contribution >= 0.6 is 0 Å². The monoisotopic (exact) mass is 420 g/mol. The molecular formula is C21H28N2O7. The standard InChI is InChI=1S/C21H28N2O7/c1-28-16-9-14(10-17(29-2)19(16)30-3)23-20(26)15(11-18(24)25)22(21(23)27)12-13-7-5-4-6-8-13/h9-10,13,15H,4-8,11-12H2,1-3H3,(H,24,25)/t15-/m0/s1. The van der Waals surface area contributed by atoms with Gasteiger partial charge in [0.2, 0.25) is 5.75 Å². The number of urea groups is 1. The van der Waals surface area contributed by atoms with E-state index in [0.717, 1.165) is 30.6 Å². The second-order valence-corrected chi connectivity index (χ2v) is 7.61. The lowest BCUT2D eigenvalue weighted by molar-refractivity contribution is -0.140. The number of carboxylic acids is 1. The Morgan fingerprint density at radius 2 is 1.63 bits per heavy atom. The van der Waals surface area contributed by atoms with Crippen LogP contribution in [0.3, 0.4) is 0 Å². The van der Waals surface area contributed by atoms with Gasteiger partial charge in [0.25, 0.3) is 5.91 Å². The molecule has 9 nitrogen and oxygen atoms in total. The molecule has 2 fully saturated rings. The lowest BCUT2D eigenvalue weighted by Crippen LogP contribution is -2.40. The van der Waals surface area contributed by atoms with Crippen molar-refractivity contribution >= 4 is 23.6 Å². The Balaban J connectivity index is 1.97. The van der Waals surface area contributed by atoms with E-state index in [2.05, 4.69) is 0 Å². The molecule has 30 heavy (non-hydrogen) atoms. The van der Waals surface area contributed by atoms with Crippen LogP contribution in [0.5, 0.6) is 17.2 Å². The third kappa shape index (κ3) is 4.15. The van der Waals surface area contributed by atoms with Gasteiger partial charge in [-0.05, 0) is 18.8 Å². The second kappa shape index (κ2) is 9.23. The van der Waals surface area contributed by atoms with Crippen LogP contribution in [0.25, 0.3) is 0 Å². The maximum Gasteiger partial charge on any atom is 0.332 e. The first-order valence-corrected chi connectivity index (χ1v) is 10.1. The number of anilines is 1. The van der Waals surface area contributed by atoms with Crippen molar-refractivity contribution < 1.29 is 33.7 Å². The minimum Gasteiger partial charge on any atom is -0.493 e. The Morgan fingerprint density at radius 1 is 1.03 bits per heavy atom. The zero-order valence-electron chi connectivity index (χ0n) is 17.6. The molecule has 1 aromatic rings. The van der Waals surface area contributed by atoms with E-state index >= 15 is 0 Å². The Morgan fingerprint density at radius 3 is 2.13 bits per heavy atom. The van der Waals surface area contributed by atoms with Crippen LogP contribution in [0, 0.1) is 5.92 Å². The maximum absolute atomic E-state index is 13.3. The quantitative estimate of drug-likeness (QED) is 0.645. The predicted octanol–water partition coefficient (Wildman–Crippen LogP) is 2.90. The largest absolute Gasteiger partial charge is 0.493 e. The van der Waals surface area contributed by atoms with Crippen molar-refractivity contribution in [2.24, 2.45) is 5.92 Å². The van der Waals surface area contributed by atoms with Gasteiger partial charge in [0.05, 0.1) is 33.4 Å². The van der Waals surface area contributed by atoms with Gasteiger partial charge in [-0.2, -0.15) is 0 Å². The molecule has 1 aromatic carbocycles. The van der Waals surface area contributed by atoms with Crippen LogP contribution in [0.1, 0.15) is 38.5 Å². The smallest absolute Gasteiger partial charge is 0.332 e. The predicted molar refractivity (Wildman–Crippen MR) is 108 cm³/mol. The number of amides is 3. The lowest BCUT2D eigenvalue weighted by atomic mass is 9.88. The fourth-order valence-electron chi connectivity index (χ4n) is 4.29. The van der Waals surface area contributed by atoms with Crippen molar-refractivity contribution in [3.63, 3.8) is 0 Å². The average Bonchev–Trinajstić information content (AvgIpc) is 2.96.